The Balaban J connectivity index is 2.23. The fourth-order valence-electron chi connectivity index (χ4n) is 4.46. The molecule has 2 aromatic carbocycles. The minimum atomic E-state index is -1.46. The Morgan fingerprint density at radius 3 is 2.00 bits per heavy atom. The third-order valence-corrected chi connectivity index (χ3v) is 6.59. The number of aliphatic hydroxyl groups excluding tert-OH is 1. The van der Waals surface area contributed by atoms with E-state index in [1.54, 1.807) is 53.4 Å². The van der Waals surface area contributed by atoms with Gasteiger partial charge in [-0.2, -0.15) is 0 Å². The summed E-state index contributed by atoms with van der Waals surface area (Å²) in [6.45, 7) is 5.03. The van der Waals surface area contributed by atoms with Crippen molar-refractivity contribution in [3.05, 3.63) is 47.5 Å². The number of hydrogen-bond donors (Lipinski definition) is 1. The van der Waals surface area contributed by atoms with Gasteiger partial charge in [-0.05, 0) is 82.1 Å². The Hall–Kier alpha value is -3.01. The molecule has 1 unspecified atom stereocenters. The number of aliphatic hydroxyl groups is 1. The van der Waals surface area contributed by atoms with Crippen molar-refractivity contribution in [1.82, 2.24) is 4.90 Å². The summed E-state index contributed by atoms with van der Waals surface area (Å²) >= 11 is 0. The van der Waals surface area contributed by atoms with Crippen molar-refractivity contribution in [2.75, 3.05) is 55.7 Å². The molecule has 0 saturated carbocycles. The van der Waals surface area contributed by atoms with E-state index in [4.69, 9.17) is 28.4 Å². The first-order valence-corrected chi connectivity index (χ1v) is 12.7. The van der Waals surface area contributed by atoms with E-state index in [9.17, 15) is 9.90 Å². The quantitative estimate of drug-likeness (QED) is 0.255. The van der Waals surface area contributed by atoms with Crippen LogP contribution < -0.4 is 18.9 Å². The monoisotopic (exact) mass is 533 g/mol. The van der Waals surface area contributed by atoms with Crippen molar-refractivity contribution in [2.45, 2.75) is 50.9 Å². The topological polar surface area (TPSA) is 95.9 Å². The SMILES string of the molecule is COc1ccc(CCN(C)CCCC(C(=O)OC(C)C)(c2ccc(OC)c(OC)c2)[C@@H](O)OC)cc1OC. The summed E-state index contributed by atoms with van der Waals surface area (Å²) in [5.41, 5.74) is 0.204. The standard InChI is InChI=1S/C29H43NO8/c1-20(2)38-28(32)29(27(31)37-8,22-11-13-24(34-5)26(19-22)36-7)15-9-16-30(3)17-14-21-10-12-23(33-4)25(18-21)35-6/h10-13,18-20,27,31H,9,14-17H2,1-8H3/t27-,29?/m0/s1. The molecule has 0 aliphatic carbocycles. The first kappa shape index (κ1) is 31.2. The number of methoxy groups -OCH3 is 5. The number of carbonyl (C=O) groups is 1. The Morgan fingerprint density at radius 2 is 1.45 bits per heavy atom. The van der Waals surface area contributed by atoms with Crippen LogP contribution >= 0.6 is 0 Å². The second-order valence-corrected chi connectivity index (χ2v) is 9.43. The molecule has 2 atom stereocenters. The van der Waals surface area contributed by atoms with E-state index in [1.807, 2.05) is 25.2 Å². The molecule has 0 spiro atoms. The molecule has 2 aromatic rings. The van der Waals surface area contributed by atoms with Gasteiger partial charge >= 0.3 is 5.97 Å². The Labute approximate surface area is 226 Å². The highest BCUT2D eigenvalue weighted by molar-refractivity contribution is 5.84. The summed E-state index contributed by atoms with van der Waals surface area (Å²) in [7, 11) is 9.70. The smallest absolute Gasteiger partial charge is 0.322 e. The van der Waals surface area contributed by atoms with Gasteiger partial charge in [0.2, 0.25) is 0 Å². The summed E-state index contributed by atoms with van der Waals surface area (Å²) in [5, 5.41) is 11.1. The van der Waals surface area contributed by atoms with E-state index in [1.165, 1.54) is 14.2 Å². The summed E-state index contributed by atoms with van der Waals surface area (Å²) in [4.78, 5) is 15.7. The average Bonchev–Trinajstić information content (AvgIpc) is 2.92. The maximum atomic E-state index is 13.6. The molecular weight excluding hydrogens is 490 g/mol. The molecule has 2 rings (SSSR count). The van der Waals surface area contributed by atoms with Gasteiger partial charge in [0.15, 0.2) is 29.3 Å². The molecule has 0 radical (unpaired) electrons. The third-order valence-electron chi connectivity index (χ3n) is 6.59. The molecule has 212 valence electrons. The number of benzene rings is 2. The van der Waals surface area contributed by atoms with Gasteiger partial charge in [-0.25, -0.2) is 0 Å². The van der Waals surface area contributed by atoms with Gasteiger partial charge in [-0.15, -0.1) is 0 Å². The highest BCUT2D eigenvalue weighted by Gasteiger charge is 2.49. The van der Waals surface area contributed by atoms with E-state index in [0.29, 0.717) is 47.9 Å². The number of likely N-dealkylation sites (N-methyl/N-ethyl adjacent to an activating group) is 1. The summed E-state index contributed by atoms with van der Waals surface area (Å²) in [6, 6.07) is 11.1. The van der Waals surface area contributed by atoms with Crippen LogP contribution in [0.2, 0.25) is 0 Å². The lowest BCUT2D eigenvalue weighted by atomic mass is 9.75. The van der Waals surface area contributed by atoms with Crippen molar-refractivity contribution in [2.24, 2.45) is 0 Å². The predicted octanol–water partition coefficient (Wildman–Crippen LogP) is 3.83. The van der Waals surface area contributed by atoms with Crippen molar-refractivity contribution >= 4 is 5.97 Å². The van der Waals surface area contributed by atoms with Crippen molar-refractivity contribution in [1.29, 1.82) is 0 Å². The predicted molar refractivity (Wildman–Crippen MR) is 145 cm³/mol. The molecule has 0 saturated heterocycles. The van der Waals surface area contributed by atoms with Crippen LogP contribution in [0.4, 0.5) is 0 Å². The van der Waals surface area contributed by atoms with Crippen molar-refractivity contribution in [3.8, 4) is 23.0 Å². The van der Waals surface area contributed by atoms with E-state index in [2.05, 4.69) is 4.90 Å². The van der Waals surface area contributed by atoms with Gasteiger partial charge in [0.05, 0.1) is 34.5 Å². The minimum absolute atomic E-state index is 0.295. The third kappa shape index (κ3) is 7.52. The summed E-state index contributed by atoms with van der Waals surface area (Å²) in [6.07, 6.45) is -0.0822. The molecule has 0 aliphatic heterocycles. The molecule has 38 heavy (non-hydrogen) atoms. The highest BCUT2D eigenvalue weighted by Crippen LogP contribution is 2.40. The molecular formula is C29H43NO8. The fraction of sp³-hybridized carbons (Fsp3) is 0.552. The fourth-order valence-corrected chi connectivity index (χ4v) is 4.46. The van der Waals surface area contributed by atoms with E-state index in [-0.39, 0.29) is 6.10 Å². The Morgan fingerprint density at radius 1 is 0.868 bits per heavy atom. The lowest BCUT2D eigenvalue weighted by molar-refractivity contribution is -0.182. The molecule has 0 bridgehead atoms. The number of carbonyl (C=O) groups excluding carboxylic acids is 1. The zero-order valence-corrected chi connectivity index (χ0v) is 23.9. The van der Waals surface area contributed by atoms with Crippen molar-refractivity contribution in [3.63, 3.8) is 0 Å². The zero-order chi connectivity index (χ0) is 28.3. The maximum absolute atomic E-state index is 13.6. The average molecular weight is 534 g/mol. The van der Waals surface area contributed by atoms with Crippen LogP contribution in [-0.4, -0.2) is 84.1 Å². The van der Waals surface area contributed by atoms with E-state index < -0.39 is 17.7 Å². The maximum Gasteiger partial charge on any atom is 0.322 e. The van der Waals surface area contributed by atoms with Crippen LogP contribution in [0.1, 0.15) is 37.8 Å². The molecule has 0 amide bonds. The van der Waals surface area contributed by atoms with Gasteiger partial charge in [-0.1, -0.05) is 12.1 Å². The van der Waals surface area contributed by atoms with Gasteiger partial charge in [0, 0.05) is 13.7 Å². The molecule has 9 heteroatoms. The first-order chi connectivity index (χ1) is 18.2. The van der Waals surface area contributed by atoms with Crippen LogP contribution in [0, 0.1) is 0 Å². The van der Waals surface area contributed by atoms with Gasteiger partial charge in [-0.3, -0.25) is 4.79 Å². The molecule has 0 aromatic heterocycles. The summed E-state index contributed by atoms with van der Waals surface area (Å²) in [5.74, 6) is 1.80. The van der Waals surface area contributed by atoms with Crippen LogP contribution in [0.25, 0.3) is 0 Å². The van der Waals surface area contributed by atoms with Gasteiger partial charge in [0.25, 0.3) is 0 Å². The highest BCUT2D eigenvalue weighted by atomic mass is 16.6. The molecule has 9 nitrogen and oxygen atoms in total. The number of nitrogens with zero attached hydrogens (tertiary/aromatic N) is 1. The number of hydrogen-bond acceptors (Lipinski definition) is 9. The Bertz CT molecular complexity index is 1030. The molecule has 0 heterocycles. The molecule has 0 fully saturated rings. The largest absolute Gasteiger partial charge is 0.493 e. The number of esters is 1. The van der Waals surface area contributed by atoms with Crippen LogP contribution in [-0.2, 0) is 26.1 Å². The number of ether oxygens (including phenoxy) is 6. The van der Waals surface area contributed by atoms with E-state index in [0.717, 1.165) is 18.5 Å². The number of rotatable bonds is 16. The van der Waals surface area contributed by atoms with Crippen molar-refractivity contribution < 1.29 is 38.3 Å². The first-order valence-electron chi connectivity index (χ1n) is 12.7. The van der Waals surface area contributed by atoms with Crippen LogP contribution in [0.5, 0.6) is 23.0 Å². The summed E-state index contributed by atoms with van der Waals surface area (Å²) < 4.78 is 32.6. The molecule has 0 aliphatic rings. The molecule has 1 N–H and O–H groups in total. The Kier molecular flexibility index (Phi) is 12.2. The normalized spacial score (nSPS) is 13.7. The van der Waals surface area contributed by atoms with Crippen LogP contribution in [0.3, 0.4) is 0 Å². The minimum Gasteiger partial charge on any atom is -0.493 e. The second kappa shape index (κ2) is 14.8. The zero-order valence-electron chi connectivity index (χ0n) is 23.9. The second-order valence-electron chi connectivity index (χ2n) is 9.43. The lowest BCUT2D eigenvalue weighted by Gasteiger charge is -2.36. The van der Waals surface area contributed by atoms with Gasteiger partial charge in [0.1, 0.15) is 5.41 Å². The lowest BCUT2D eigenvalue weighted by Crippen LogP contribution is -2.49. The van der Waals surface area contributed by atoms with Gasteiger partial charge < -0.3 is 38.4 Å². The van der Waals surface area contributed by atoms with E-state index >= 15 is 0 Å². The van der Waals surface area contributed by atoms with Crippen LogP contribution in [0.15, 0.2) is 36.4 Å².